The lowest BCUT2D eigenvalue weighted by Crippen LogP contribution is -2.32. The number of aryl methyl sites for hydroxylation is 1. The molecule has 0 saturated carbocycles. The second kappa shape index (κ2) is 3.13. The third kappa shape index (κ3) is 1.59. The number of thioether (sulfide) groups is 1. The summed E-state index contributed by atoms with van der Waals surface area (Å²) >= 11 is 1.68. The van der Waals surface area contributed by atoms with Crippen molar-refractivity contribution in [3.63, 3.8) is 0 Å². The lowest BCUT2D eigenvalue weighted by molar-refractivity contribution is -0.120. The Kier molecular flexibility index (Phi) is 2.18. The molecule has 0 fully saturated rings. The molecule has 0 unspecified atom stereocenters. The van der Waals surface area contributed by atoms with E-state index in [1.807, 2.05) is 13.8 Å². The molecule has 0 amide bonds. The minimum absolute atomic E-state index is 0.248. The van der Waals surface area contributed by atoms with E-state index in [0.29, 0.717) is 12.2 Å². The van der Waals surface area contributed by atoms with Crippen LogP contribution in [0.25, 0.3) is 0 Å². The second-order valence-corrected chi connectivity index (χ2v) is 5.99. The first-order chi connectivity index (χ1) is 6.49. The molecule has 1 aromatic rings. The average Bonchev–Trinajstić information content (AvgIpc) is 2.08. The minimum Gasteiger partial charge on any atom is -0.298 e. The maximum absolute atomic E-state index is 11.8. The minimum atomic E-state index is -0.248. The van der Waals surface area contributed by atoms with E-state index in [2.05, 4.69) is 25.1 Å². The van der Waals surface area contributed by atoms with Gasteiger partial charge < -0.3 is 0 Å². The summed E-state index contributed by atoms with van der Waals surface area (Å²) in [4.78, 5) is 13.0. The molecule has 0 N–H and O–H groups in total. The maximum atomic E-state index is 11.8. The highest BCUT2D eigenvalue weighted by Gasteiger charge is 2.33. The van der Waals surface area contributed by atoms with Crippen LogP contribution in [0.2, 0.25) is 0 Å². The number of rotatable bonds is 0. The second-order valence-electron chi connectivity index (χ2n) is 4.32. The summed E-state index contributed by atoms with van der Waals surface area (Å²) in [5.74, 6) is 0.334. The summed E-state index contributed by atoms with van der Waals surface area (Å²) in [6.07, 6.45) is 0.594. The number of carbonyl (C=O) groups excluding carboxylic acids is 1. The van der Waals surface area contributed by atoms with Gasteiger partial charge in [0.05, 0.1) is 4.75 Å². The largest absolute Gasteiger partial charge is 0.298 e. The highest BCUT2D eigenvalue weighted by Crippen LogP contribution is 2.40. The van der Waals surface area contributed by atoms with Crippen molar-refractivity contribution in [3.8, 4) is 0 Å². The summed E-state index contributed by atoms with van der Waals surface area (Å²) < 4.78 is -0.248. The fourth-order valence-electron chi connectivity index (χ4n) is 1.66. The first kappa shape index (κ1) is 9.78. The van der Waals surface area contributed by atoms with Crippen molar-refractivity contribution in [1.29, 1.82) is 0 Å². The number of hydrogen-bond donors (Lipinski definition) is 0. The van der Waals surface area contributed by atoms with Crippen LogP contribution in [-0.2, 0) is 11.2 Å². The van der Waals surface area contributed by atoms with Gasteiger partial charge >= 0.3 is 0 Å². The molecule has 1 aliphatic rings. The van der Waals surface area contributed by atoms with Crippen LogP contribution in [0.1, 0.15) is 25.0 Å². The van der Waals surface area contributed by atoms with E-state index in [4.69, 9.17) is 0 Å². The molecule has 1 nitrogen and oxygen atoms in total. The van der Waals surface area contributed by atoms with Crippen LogP contribution in [0.5, 0.6) is 0 Å². The Morgan fingerprint density at radius 2 is 2.07 bits per heavy atom. The Morgan fingerprint density at radius 1 is 1.36 bits per heavy atom. The van der Waals surface area contributed by atoms with Crippen molar-refractivity contribution < 1.29 is 4.79 Å². The molecule has 0 aliphatic carbocycles. The first-order valence-electron chi connectivity index (χ1n) is 4.81. The standard InChI is InChI=1S/C12H14OS/c1-8-4-5-10-9(6-8)7-11(13)12(2,3)14-10/h4-6H,7H2,1-3H3. The summed E-state index contributed by atoms with van der Waals surface area (Å²) in [7, 11) is 0. The zero-order valence-corrected chi connectivity index (χ0v) is 9.57. The molecule has 0 saturated heterocycles. The topological polar surface area (TPSA) is 17.1 Å². The van der Waals surface area contributed by atoms with Gasteiger partial charge in [0.15, 0.2) is 5.78 Å². The molecule has 1 aliphatic heterocycles. The van der Waals surface area contributed by atoms with E-state index in [-0.39, 0.29) is 4.75 Å². The number of benzene rings is 1. The lowest BCUT2D eigenvalue weighted by Gasteiger charge is -2.29. The highest BCUT2D eigenvalue weighted by molar-refractivity contribution is 8.01. The Balaban J connectivity index is 2.46. The summed E-state index contributed by atoms with van der Waals surface area (Å²) in [5.41, 5.74) is 2.43. The van der Waals surface area contributed by atoms with Gasteiger partial charge in [0.2, 0.25) is 0 Å². The van der Waals surface area contributed by atoms with Gasteiger partial charge in [-0.05, 0) is 32.4 Å². The molecule has 74 valence electrons. The molecule has 0 aromatic heterocycles. The third-order valence-electron chi connectivity index (χ3n) is 2.60. The quantitative estimate of drug-likeness (QED) is 0.649. The first-order valence-corrected chi connectivity index (χ1v) is 5.62. The van der Waals surface area contributed by atoms with Crippen molar-refractivity contribution in [3.05, 3.63) is 29.3 Å². The van der Waals surface area contributed by atoms with Crippen molar-refractivity contribution >= 4 is 17.5 Å². The zero-order valence-electron chi connectivity index (χ0n) is 8.76. The molecule has 2 heteroatoms. The fourth-order valence-corrected chi connectivity index (χ4v) is 2.80. The molecule has 0 radical (unpaired) electrons. The van der Waals surface area contributed by atoms with E-state index in [0.717, 1.165) is 0 Å². The zero-order chi connectivity index (χ0) is 10.3. The van der Waals surface area contributed by atoms with Gasteiger partial charge in [0.1, 0.15) is 0 Å². The van der Waals surface area contributed by atoms with Crippen LogP contribution in [-0.4, -0.2) is 10.5 Å². The molecule has 1 aromatic carbocycles. The van der Waals surface area contributed by atoms with E-state index >= 15 is 0 Å². The molecule has 0 bridgehead atoms. The van der Waals surface area contributed by atoms with Gasteiger partial charge in [0.25, 0.3) is 0 Å². The predicted octanol–water partition coefficient (Wildman–Crippen LogP) is 2.99. The number of fused-ring (bicyclic) bond motifs is 1. The van der Waals surface area contributed by atoms with Crippen LogP contribution in [0.4, 0.5) is 0 Å². The van der Waals surface area contributed by atoms with Gasteiger partial charge in [0, 0.05) is 11.3 Å². The van der Waals surface area contributed by atoms with Crippen LogP contribution in [0, 0.1) is 6.92 Å². The Labute approximate surface area is 88.9 Å². The van der Waals surface area contributed by atoms with Crippen LogP contribution in [0.3, 0.4) is 0 Å². The monoisotopic (exact) mass is 206 g/mol. The Hall–Kier alpha value is -0.760. The van der Waals surface area contributed by atoms with E-state index in [9.17, 15) is 4.79 Å². The maximum Gasteiger partial charge on any atom is 0.153 e. The SMILES string of the molecule is Cc1ccc2c(c1)CC(=O)C(C)(C)S2. The van der Waals surface area contributed by atoms with Gasteiger partial charge in [-0.2, -0.15) is 0 Å². The van der Waals surface area contributed by atoms with Gasteiger partial charge in [-0.3, -0.25) is 4.79 Å². The Bertz CT molecular complexity index is 393. The van der Waals surface area contributed by atoms with E-state index in [1.54, 1.807) is 11.8 Å². The molecule has 0 spiro atoms. The Morgan fingerprint density at radius 3 is 2.79 bits per heavy atom. The highest BCUT2D eigenvalue weighted by atomic mass is 32.2. The van der Waals surface area contributed by atoms with Crippen molar-refractivity contribution in [2.45, 2.75) is 36.8 Å². The molecule has 2 rings (SSSR count). The number of ketones is 1. The van der Waals surface area contributed by atoms with Crippen LogP contribution >= 0.6 is 11.8 Å². The summed E-state index contributed by atoms with van der Waals surface area (Å²) in [6, 6.07) is 6.36. The molecule has 1 heterocycles. The van der Waals surface area contributed by atoms with Gasteiger partial charge in [-0.1, -0.05) is 17.7 Å². The third-order valence-corrected chi connectivity index (χ3v) is 3.96. The number of carbonyl (C=O) groups is 1. The summed E-state index contributed by atoms with van der Waals surface area (Å²) in [5, 5.41) is 0. The van der Waals surface area contributed by atoms with Crippen LogP contribution in [0.15, 0.2) is 23.1 Å². The van der Waals surface area contributed by atoms with Crippen molar-refractivity contribution in [2.75, 3.05) is 0 Å². The molecular weight excluding hydrogens is 192 g/mol. The predicted molar refractivity (Wildman–Crippen MR) is 59.8 cm³/mol. The molecular formula is C12H14OS. The average molecular weight is 206 g/mol. The number of Topliss-reactive ketones (excluding diaryl/α,β-unsaturated/α-hetero) is 1. The molecule has 14 heavy (non-hydrogen) atoms. The smallest absolute Gasteiger partial charge is 0.153 e. The lowest BCUT2D eigenvalue weighted by atomic mass is 9.98. The van der Waals surface area contributed by atoms with Crippen molar-refractivity contribution in [1.82, 2.24) is 0 Å². The molecule has 0 atom stereocenters. The van der Waals surface area contributed by atoms with Crippen molar-refractivity contribution in [2.24, 2.45) is 0 Å². The van der Waals surface area contributed by atoms with E-state index in [1.165, 1.54) is 16.0 Å². The fraction of sp³-hybridized carbons (Fsp3) is 0.417. The van der Waals surface area contributed by atoms with Crippen LogP contribution < -0.4 is 0 Å². The number of hydrogen-bond acceptors (Lipinski definition) is 2. The van der Waals surface area contributed by atoms with Gasteiger partial charge in [-0.25, -0.2) is 0 Å². The summed E-state index contributed by atoms with van der Waals surface area (Å²) in [6.45, 7) is 6.07. The van der Waals surface area contributed by atoms with E-state index < -0.39 is 0 Å². The normalized spacial score (nSPS) is 19.2. The van der Waals surface area contributed by atoms with Gasteiger partial charge in [-0.15, -0.1) is 11.8 Å².